The van der Waals surface area contributed by atoms with Crippen molar-refractivity contribution in [2.24, 2.45) is 5.92 Å². The summed E-state index contributed by atoms with van der Waals surface area (Å²) in [6.45, 7) is 2.50. The van der Waals surface area contributed by atoms with E-state index in [0.29, 0.717) is 11.6 Å². The lowest BCUT2D eigenvalue weighted by molar-refractivity contribution is 0.0933. The summed E-state index contributed by atoms with van der Waals surface area (Å²) in [6.07, 6.45) is 4.74. The van der Waals surface area contributed by atoms with E-state index in [0.717, 1.165) is 37.3 Å². The van der Waals surface area contributed by atoms with Gasteiger partial charge in [0.15, 0.2) is 5.69 Å². The van der Waals surface area contributed by atoms with Gasteiger partial charge in [-0.2, -0.15) is 5.10 Å². The molecule has 3 N–H and O–H groups in total. The highest BCUT2D eigenvalue weighted by Crippen LogP contribution is 2.25. The van der Waals surface area contributed by atoms with E-state index in [9.17, 15) is 4.79 Å². The molecule has 0 bridgehead atoms. The van der Waals surface area contributed by atoms with Gasteiger partial charge in [-0.3, -0.25) is 9.89 Å². The molecule has 2 aliphatic rings. The predicted molar refractivity (Wildman–Crippen MR) is 63.7 cm³/mol. The first kappa shape index (κ1) is 10.8. The largest absolute Gasteiger partial charge is 0.350 e. The Balaban J connectivity index is 1.65. The minimum atomic E-state index is -0.0295. The Morgan fingerprint density at radius 1 is 1.47 bits per heavy atom. The van der Waals surface area contributed by atoms with Gasteiger partial charge in [-0.05, 0) is 18.8 Å². The van der Waals surface area contributed by atoms with Crippen molar-refractivity contribution in [3.8, 4) is 0 Å². The van der Waals surface area contributed by atoms with E-state index < -0.39 is 0 Å². The van der Waals surface area contributed by atoms with Crippen LogP contribution in [0.5, 0.6) is 0 Å². The summed E-state index contributed by atoms with van der Waals surface area (Å²) in [5, 5.41) is 13.4. The number of fused-ring (bicyclic) bond motifs is 1. The van der Waals surface area contributed by atoms with Crippen LogP contribution in [0.25, 0.3) is 0 Å². The average molecular weight is 234 g/mol. The van der Waals surface area contributed by atoms with E-state index in [2.05, 4.69) is 20.8 Å². The molecule has 92 valence electrons. The van der Waals surface area contributed by atoms with Gasteiger partial charge in [0.1, 0.15) is 0 Å². The number of nitrogens with one attached hydrogen (secondary N) is 3. The van der Waals surface area contributed by atoms with Crippen molar-refractivity contribution < 1.29 is 4.79 Å². The number of hydrogen-bond donors (Lipinski definition) is 3. The van der Waals surface area contributed by atoms with Gasteiger partial charge in [0.2, 0.25) is 0 Å². The summed E-state index contributed by atoms with van der Waals surface area (Å²) in [6, 6.07) is 0. The number of rotatable bonds is 3. The number of carbonyl (C=O) groups is 1. The molecule has 0 radical (unpaired) electrons. The normalized spacial score (nSPS) is 19.5. The zero-order valence-electron chi connectivity index (χ0n) is 9.88. The molecule has 0 atom stereocenters. The van der Waals surface area contributed by atoms with Gasteiger partial charge >= 0.3 is 0 Å². The highest BCUT2D eigenvalue weighted by atomic mass is 16.1. The summed E-state index contributed by atoms with van der Waals surface area (Å²) in [5.74, 6) is 0.657. The minimum Gasteiger partial charge on any atom is -0.350 e. The second-order valence-corrected chi connectivity index (χ2v) is 4.96. The Kier molecular flexibility index (Phi) is 2.84. The van der Waals surface area contributed by atoms with Crippen LogP contribution in [-0.2, 0) is 13.0 Å². The average Bonchev–Trinajstić information content (AvgIpc) is 2.70. The van der Waals surface area contributed by atoms with Crippen LogP contribution in [0.2, 0.25) is 0 Å². The number of nitrogens with zero attached hydrogens (tertiary/aromatic N) is 1. The molecular formula is C12H18N4O. The molecule has 5 nitrogen and oxygen atoms in total. The van der Waals surface area contributed by atoms with Crippen molar-refractivity contribution >= 4 is 5.91 Å². The molecule has 0 saturated heterocycles. The fourth-order valence-electron chi connectivity index (χ4n) is 2.43. The van der Waals surface area contributed by atoms with Crippen LogP contribution in [-0.4, -0.2) is 29.2 Å². The molecule has 5 heteroatoms. The van der Waals surface area contributed by atoms with Crippen LogP contribution in [0.4, 0.5) is 0 Å². The molecule has 1 aliphatic heterocycles. The second kappa shape index (κ2) is 4.49. The van der Waals surface area contributed by atoms with Crippen molar-refractivity contribution in [2.45, 2.75) is 32.2 Å². The second-order valence-electron chi connectivity index (χ2n) is 4.96. The van der Waals surface area contributed by atoms with Gasteiger partial charge in [-0.15, -0.1) is 0 Å². The number of carbonyl (C=O) groups excluding carboxylic acids is 1. The first-order chi connectivity index (χ1) is 8.34. The Morgan fingerprint density at radius 2 is 2.35 bits per heavy atom. The van der Waals surface area contributed by atoms with Crippen molar-refractivity contribution in [3.63, 3.8) is 0 Å². The van der Waals surface area contributed by atoms with Crippen LogP contribution in [0.1, 0.15) is 41.0 Å². The Labute approximate surface area is 100 Å². The van der Waals surface area contributed by atoms with E-state index in [1.54, 1.807) is 0 Å². The van der Waals surface area contributed by atoms with Crippen molar-refractivity contribution in [3.05, 3.63) is 17.0 Å². The first-order valence-electron chi connectivity index (χ1n) is 6.39. The third-order valence-electron chi connectivity index (χ3n) is 3.80. The highest BCUT2D eigenvalue weighted by Gasteiger charge is 2.23. The Hall–Kier alpha value is -1.36. The van der Waals surface area contributed by atoms with Crippen LogP contribution in [0.3, 0.4) is 0 Å². The molecule has 17 heavy (non-hydrogen) atoms. The number of hydrogen-bond acceptors (Lipinski definition) is 3. The van der Waals surface area contributed by atoms with Gasteiger partial charge in [0.05, 0.1) is 0 Å². The van der Waals surface area contributed by atoms with E-state index in [-0.39, 0.29) is 5.91 Å². The van der Waals surface area contributed by atoms with Gasteiger partial charge in [0, 0.05) is 37.3 Å². The third-order valence-corrected chi connectivity index (χ3v) is 3.80. The lowest BCUT2D eigenvalue weighted by atomic mass is 9.85. The first-order valence-corrected chi connectivity index (χ1v) is 6.39. The molecular weight excluding hydrogens is 216 g/mol. The quantitative estimate of drug-likeness (QED) is 0.716. The summed E-state index contributed by atoms with van der Waals surface area (Å²) in [7, 11) is 0. The highest BCUT2D eigenvalue weighted by molar-refractivity contribution is 5.94. The monoisotopic (exact) mass is 234 g/mol. The maximum atomic E-state index is 12.0. The molecule has 1 aromatic heterocycles. The molecule has 1 aliphatic carbocycles. The maximum absolute atomic E-state index is 12.0. The van der Waals surface area contributed by atoms with Crippen LogP contribution < -0.4 is 10.6 Å². The zero-order valence-corrected chi connectivity index (χ0v) is 9.88. The van der Waals surface area contributed by atoms with E-state index in [1.807, 2.05) is 0 Å². The fourth-order valence-corrected chi connectivity index (χ4v) is 2.43. The van der Waals surface area contributed by atoms with Crippen LogP contribution in [0.15, 0.2) is 0 Å². The number of H-pyrrole nitrogens is 1. The van der Waals surface area contributed by atoms with Crippen LogP contribution in [0, 0.1) is 5.92 Å². The lowest BCUT2D eigenvalue weighted by Gasteiger charge is -2.25. The fraction of sp³-hybridized carbons (Fsp3) is 0.667. The topological polar surface area (TPSA) is 69.8 Å². The van der Waals surface area contributed by atoms with Gasteiger partial charge in [0.25, 0.3) is 5.91 Å². The summed E-state index contributed by atoms with van der Waals surface area (Å²) in [4.78, 5) is 12.0. The SMILES string of the molecule is O=C(NCC1CCC1)c1n[nH]c2c1CNCC2. The zero-order chi connectivity index (χ0) is 11.7. The standard InChI is InChI=1S/C12H18N4O/c17-12(14-6-8-2-1-3-8)11-9-7-13-5-4-10(9)15-16-11/h8,13H,1-7H2,(H,14,17)(H,15,16). The molecule has 1 fully saturated rings. The van der Waals surface area contributed by atoms with Crippen molar-refractivity contribution in [2.75, 3.05) is 13.1 Å². The molecule has 1 saturated carbocycles. The summed E-state index contributed by atoms with van der Waals surface area (Å²) in [5.41, 5.74) is 2.73. The molecule has 0 spiro atoms. The smallest absolute Gasteiger partial charge is 0.272 e. The molecule has 0 unspecified atom stereocenters. The van der Waals surface area contributed by atoms with E-state index in [4.69, 9.17) is 0 Å². The number of amides is 1. The van der Waals surface area contributed by atoms with Gasteiger partial charge in [-0.25, -0.2) is 0 Å². The summed E-state index contributed by atoms with van der Waals surface area (Å²) < 4.78 is 0. The minimum absolute atomic E-state index is 0.0295. The van der Waals surface area contributed by atoms with Crippen molar-refractivity contribution in [1.82, 2.24) is 20.8 Å². The summed E-state index contributed by atoms with van der Waals surface area (Å²) >= 11 is 0. The van der Waals surface area contributed by atoms with E-state index >= 15 is 0 Å². The molecule has 1 amide bonds. The maximum Gasteiger partial charge on any atom is 0.272 e. The molecule has 1 aromatic rings. The Bertz CT molecular complexity index is 422. The lowest BCUT2D eigenvalue weighted by Crippen LogP contribution is -2.33. The molecule has 2 heterocycles. The number of aromatic nitrogens is 2. The van der Waals surface area contributed by atoms with Crippen LogP contribution >= 0.6 is 0 Å². The molecule has 0 aromatic carbocycles. The number of aromatic amines is 1. The molecule has 3 rings (SSSR count). The van der Waals surface area contributed by atoms with Gasteiger partial charge < -0.3 is 10.6 Å². The predicted octanol–water partition coefficient (Wildman–Crippen LogP) is 0.585. The van der Waals surface area contributed by atoms with E-state index in [1.165, 1.54) is 19.3 Å². The Morgan fingerprint density at radius 3 is 3.12 bits per heavy atom. The van der Waals surface area contributed by atoms with Gasteiger partial charge in [-0.1, -0.05) is 6.42 Å². The third kappa shape index (κ3) is 2.07. The van der Waals surface area contributed by atoms with Crippen molar-refractivity contribution in [1.29, 1.82) is 0 Å².